The third kappa shape index (κ3) is 4.08. The highest BCUT2D eigenvalue weighted by atomic mass is 16.3. The summed E-state index contributed by atoms with van der Waals surface area (Å²) in [7, 11) is 0. The van der Waals surface area contributed by atoms with E-state index < -0.39 is 0 Å². The number of hydrogen-bond acceptors (Lipinski definition) is 2. The molecular formula is C54H31N3O2. The van der Waals surface area contributed by atoms with Gasteiger partial charge < -0.3 is 22.5 Å². The normalized spacial score (nSPS) is 12.4. The number of benzene rings is 9. The number of furan rings is 2. The molecule has 274 valence electrons. The molecule has 5 heterocycles. The molecule has 0 radical (unpaired) electrons. The minimum Gasteiger partial charge on any atom is -0.456 e. The largest absolute Gasteiger partial charge is 0.456 e. The molecular weight excluding hydrogens is 723 g/mol. The van der Waals surface area contributed by atoms with E-state index in [4.69, 9.17) is 8.83 Å². The average molecular weight is 754 g/mol. The summed E-state index contributed by atoms with van der Waals surface area (Å²) in [5, 5.41) is 11.4. The van der Waals surface area contributed by atoms with E-state index in [9.17, 15) is 0 Å². The van der Waals surface area contributed by atoms with E-state index in [1.54, 1.807) is 0 Å². The van der Waals surface area contributed by atoms with Crippen LogP contribution in [0.15, 0.2) is 197 Å². The van der Waals surface area contributed by atoms with Crippen LogP contribution in [-0.4, -0.2) is 13.7 Å². The molecule has 0 aliphatic carbocycles. The monoisotopic (exact) mass is 753 g/mol. The zero-order chi connectivity index (χ0) is 38.3. The van der Waals surface area contributed by atoms with Crippen LogP contribution in [0, 0.1) is 0 Å². The molecule has 0 aliphatic rings. The van der Waals surface area contributed by atoms with Crippen molar-refractivity contribution >= 4 is 109 Å². The van der Waals surface area contributed by atoms with Crippen molar-refractivity contribution in [2.75, 3.05) is 0 Å². The van der Waals surface area contributed by atoms with Gasteiger partial charge in [0.25, 0.3) is 0 Å². The van der Waals surface area contributed by atoms with Gasteiger partial charge in [0.15, 0.2) is 0 Å². The Morgan fingerprint density at radius 1 is 0.254 bits per heavy atom. The summed E-state index contributed by atoms with van der Waals surface area (Å²) in [5.41, 5.74) is 13.7. The molecule has 5 aromatic heterocycles. The standard InChI is InChI=1S/C54H31N3O2/c1-2-12-32(13-3-1)55-46-26-22-33(56-43-18-8-4-14-35(43)36-15-5-9-19-44(36)56)31-42(46)52-48(55)28-25-39-38-24-27-47-51(53(38)59-54(39)52)40-17-6-10-20-45(40)57(47)34-23-29-50-41(30-34)37-16-7-11-21-49(37)58-50/h1-31H. The van der Waals surface area contributed by atoms with Gasteiger partial charge in [-0.3, -0.25) is 0 Å². The summed E-state index contributed by atoms with van der Waals surface area (Å²) >= 11 is 0. The van der Waals surface area contributed by atoms with E-state index in [-0.39, 0.29) is 0 Å². The van der Waals surface area contributed by atoms with Crippen LogP contribution in [0.3, 0.4) is 0 Å². The molecule has 14 aromatic rings. The summed E-state index contributed by atoms with van der Waals surface area (Å²) in [6.07, 6.45) is 0. The maximum atomic E-state index is 7.33. The first-order valence-corrected chi connectivity index (χ1v) is 20.1. The summed E-state index contributed by atoms with van der Waals surface area (Å²) in [4.78, 5) is 0. The van der Waals surface area contributed by atoms with E-state index >= 15 is 0 Å². The van der Waals surface area contributed by atoms with Gasteiger partial charge in [-0.1, -0.05) is 91.0 Å². The predicted octanol–water partition coefficient (Wildman–Crippen LogP) is 14.8. The van der Waals surface area contributed by atoms with Gasteiger partial charge in [-0.05, 0) is 97.1 Å². The van der Waals surface area contributed by atoms with Crippen LogP contribution in [0.5, 0.6) is 0 Å². The molecule has 0 bridgehead atoms. The number of aromatic nitrogens is 3. The Morgan fingerprint density at radius 2 is 0.712 bits per heavy atom. The summed E-state index contributed by atoms with van der Waals surface area (Å²) < 4.78 is 20.7. The van der Waals surface area contributed by atoms with Crippen LogP contribution < -0.4 is 0 Å². The van der Waals surface area contributed by atoms with Gasteiger partial charge in [0.2, 0.25) is 0 Å². The van der Waals surface area contributed by atoms with Crippen LogP contribution in [-0.2, 0) is 0 Å². The van der Waals surface area contributed by atoms with Crippen LogP contribution in [0.4, 0.5) is 0 Å². The number of hydrogen-bond donors (Lipinski definition) is 0. The van der Waals surface area contributed by atoms with Gasteiger partial charge in [-0.25, -0.2) is 0 Å². The van der Waals surface area contributed by atoms with Crippen molar-refractivity contribution in [2.45, 2.75) is 0 Å². The third-order valence-electron chi connectivity index (χ3n) is 12.6. The van der Waals surface area contributed by atoms with E-state index in [2.05, 4.69) is 190 Å². The first-order valence-electron chi connectivity index (χ1n) is 20.1. The molecule has 0 aliphatic heterocycles. The van der Waals surface area contributed by atoms with Crippen LogP contribution in [0.1, 0.15) is 0 Å². The molecule has 5 heteroatoms. The first kappa shape index (κ1) is 31.1. The molecule has 0 saturated carbocycles. The first-order chi connectivity index (χ1) is 29.3. The van der Waals surface area contributed by atoms with Crippen molar-refractivity contribution in [1.82, 2.24) is 13.7 Å². The number of nitrogens with zero attached hydrogens (tertiary/aromatic N) is 3. The lowest BCUT2D eigenvalue weighted by molar-refractivity contribution is 0.669. The van der Waals surface area contributed by atoms with Crippen LogP contribution in [0.2, 0.25) is 0 Å². The fourth-order valence-electron chi connectivity index (χ4n) is 10.2. The topological polar surface area (TPSA) is 41.1 Å². The fourth-order valence-corrected chi connectivity index (χ4v) is 10.2. The lowest BCUT2D eigenvalue weighted by atomic mass is 10.1. The molecule has 5 nitrogen and oxygen atoms in total. The van der Waals surface area contributed by atoms with E-state index in [0.29, 0.717) is 0 Å². The van der Waals surface area contributed by atoms with Gasteiger partial charge in [0, 0.05) is 60.2 Å². The minimum atomic E-state index is 0.885. The van der Waals surface area contributed by atoms with Gasteiger partial charge in [-0.15, -0.1) is 0 Å². The van der Waals surface area contributed by atoms with Crippen molar-refractivity contribution in [3.63, 3.8) is 0 Å². The van der Waals surface area contributed by atoms with Crippen LogP contribution in [0.25, 0.3) is 126 Å². The zero-order valence-corrected chi connectivity index (χ0v) is 31.6. The second-order valence-corrected chi connectivity index (χ2v) is 15.6. The van der Waals surface area contributed by atoms with Gasteiger partial charge >= 0.3 is 0 Å². The Balaban J connectivity index is 1.09. The Labute approximate surface area is 335 Å². The maximum Gasteiger partial charge on any atom is 0.145 e. The molecule has 0 unspecified atom stereocenters. The van der Waals surface area contributed by atoms with Gasteiger partial charge in [0.05, 0.1) is 43.9 Å². The Morgan fingerprint density at radius 3 is 1.41 bits per heavy atom. The van der Waals surface area contributed by atoms with Gasteiger partial charge in [-0.2, -0.15) is 0 Å². The summed E-state index contributed by atoms with van der Waals surface area (Å²) in [5.74, 6) is 0. The quantitative estimate of drug-likeness (QED) is 0.180. The highest BCUT2D eigenvalue weighted by Crippen LogP contribution is 2.46. The number of rotatable bonds is 3. The second kappa shape index (κ2) is 11.3. The van der Waals surface area contributed by atoms with Crippen molar-refractivity contribution in [1.29, 1.82) is 0 Å². The Kier molecular flexibility index (Phi) is 5.96. The third-order valence-corrected chi connectivity index (χ3v) is 12.6. The molecule has 0 saturated heterocycles. The van der Waals surface area contributed by atoms with Crippen molar-refractivity contribution in [3.05, 3.63) is 188 Å². The van der Waals surface area contributed by atoms with E-state index in [0.717, 1.165) is 105 Å². The molecule has 59 heavy (non-hydrogen) atoms. The predicted molar refractivity (Wildman–Crippen MR) is 244 cm³/mol. The lowest BCUT2D eigenvalue weighted by Crippen LogP contribution is -1.95. The van der Waals surface area contributed by atoms with E-state index in [1.807, 2.05) is 12.1 Å². The van der Waals surface area contributed by atoms with Gasteiger partial charge in [0.1, 0.15) is 22.3 Å². The lowest BCUT2D eigenvalue weighted by Gasteiger charge is -2.10. The van der Waals surface area contributed by atoms with E-state index in [1.165, 1.54) is 21.8 Å². The smallest absolute Gasteiger partial charge is 0.145 e. The Bertz CT molecular complexity index is 4020. The Hall–Kier alpha value is -8.02. The van der Waals surface area contributed by atoms with Crippen LogP contribution >= 0.6 is 0 Å². The minimum absolute atomic E-state index is 0.885. The summed E-state index contributed by atoms with van der Waals surface area (Å²) in [6, 6.07) is 67.5. The number of para-hydroxylation sites is 5. The molecule has 14 rings (SSSR count). The molecule has 9 aromatic carbocycles. The summed E-state index contributed by atoms with van der Waals surface area (Å²) in [6.45, 7) is 0. The highest BCUT2D eigenvalue weighted by Gasteiger charge is 2.24. The van der Waals surface area contributed by atoms with Crippen molar-refractivity contribution in [2.24, 2.45) is 0 Å². The molecule has 0 amide bonds. The average Bonchev–Trinajstić information content (AvgIpc) is 4.09. The second-order valence-electron chi connectivity index (χ2n) is 15.6. The molecule has 0 atom stereocenters. The van der Waals surface area contributed by atoms with Crippen molar-refractivity contribution in [3.8, 4) is 17.1 Å². The maximum absolute atomic E-state index is 7.33. The van der Waals surface area contributed by atoms with Crippen molar-refractivity contribution < 1.29 is 8.83 Å². The highest BCUT2D eigenvalue weighted by molar-refractivity contribution is 6.29. The molecule has 0 fully saturated rings. The molecule has 0 spiro atoms. The zero-order valence-electron chi connectivity index (χ0n) is 31.6. The fraction of sp³-hybridized carbons (Fsp3) is 0. The molecule has 0 N–H and O–H groups in total. The SMILES string of the molecule is c1ccc(-n2c3ccc(-n4c5ccccc5c5ccccc54)cc3c3c4oc5c(ccc6c5c5ccccc5n6-c5ccc6oc7ccccc7c6c5)c4ccc32)cc1. The number of fused-ring (bicyclic) bond motifs is 17.